The molecule has 1 aromatic carbocycles. The van der Waals surface area contributed by atoms with E-state index >= 15 is 0 Å². The van der Waals surface area contributed by atoms with Crippen molar-refractivity contribution in [2.45, 2.75) is 11.5 Å². The van der Waals surface area contributed by atoms with Gasteiger partial charge in [0.25, 0.3) is 0 Å². The Morgan fingerprint density at radius 2 is 1.88 bits per heavy atom. The van der Waals surface area contributed by atoms with Crippen molar-refractivity contribution < 1.29 is 13.6 Å². The van der Waals surface area contributed by atoms with Gasteiger partial charge < -0.3 is 0 Å². The van der Waals surface area contributed by atoms with Gasteiger partial charge in [-0.15, -0.1) is 0 Å². The number of hydrogen-bond acceptors (Lipinski definition) is 1. The molecule has 0 unspecified atom stereocenters. The zero-order chi connectivity index (χ0) is 12.5. The summed E-state index contributed by atoms with van der Waals surface area (Å²) in [6.07, 6.45) is -2.95. The van der Waals surface area contributed by atoms with Crippen LogP contribution in [0.5, 0.6) is 0 Å². The maximum atomic E-state index is 12.2. The first-order valence-electron chi connectivity index (χ1n) is 4.86. The quantitative estimate of drug-likeness (QED) is 0.560. The molecule has 0 saturated carbocycles. The van der Waals surface area contributed by atoms with E-state index in [9.17, 15) is 13.6 Å². The summed E-state index contributed by atoms with van der Waals surface area (Å²) in [5.74, 6) is -1.14. The van der Waals surface area contributed by atoms with Crippen molar-refractivity contribution in [1.82, 2.24) is 0 Å². The number of benzene rings is 1. The minimum atomic E-state index is -2.95. The van der Waals surface area contributed by atoms with Crippen LogP contribution in [-0.2, 0) is 5.11 Å². The van der Waals surface area contributed by atoms with Crippen LogP contribution >= 0.6 is 15.9 Å². The highest BCUT2D eigenvalue weighted by Gasteiger charge is 2.21. The number of alkyl halides is 2. The minimum Gasteiger partial charge on any atom is -0.288 e. The number of rotatable bonds is 3. The molecule has 0 fully saturated rings. The topological polar surface area (TPSA) is 17.1 Å². The molecule has 0 aliphatic rings. The molecule has 0 N–H and O–H groups in total. The molecule has 0 heterocycles. The monoisotopic (exact) mass is 284 g/mol. The van der Waals surface area contributed by atoms with Gasteiger partial charge in [0.05, 0.1) is 23.5 Å². The Balaban J connectivity index is 3.15. The second-order valence-corrected chi connectivity index (χ2v) is 5.46. The molecule has 0 radical (unpaired) electrons. The van der Waals surface area contributed by atoms with Crippen molar-refractivity contribution in [1.29, 1.82) is 0 Å². The lowest BCUT2D eigenvalue weighted by atomic mass is 9.40. The van der Waals surface area contributed by atoms with Crippen molar-refractivity contribution in [3.8, 4) is 0 Å². The second-order valence-electron chi connectivity index (χ2n) is 4.61. The van der Waals surface area contributed by atoms with Crippen LogP contribution in [0.25, 0.3) is 0 Å². The van der Waals surface area contributed by atoms with E-state index in [1.54, 1.807) is 6.07 Å². The van der Waals surface area contributed by atoms with Crippen LogP contribution in [-0.4, -0.2) is 35.7 Å². The van der Waals surface area contributed by atoms with Crippen LogP contribution in [0, 0.1) is 0 Å². The van der Waals surface area contributed by atoms with Gasteiger partial charge in [-0.3, -0.25) is 4.79 Å². The second kappa shape index (κ2) is 4.74. The maximum Gasteiger partial charge on any atom is 0.300 e. The average Bonchev–Trinajstić information content (AvgIpc) is 2.14. The lowest BCUT2D eigenvalue weighted by Crippen LogP contribution is -2.27. The Bertz CT molecular complexity index is 418. The minimum absolute atomic E-state index is 0.0369. The van der Waals surface area contributed by atoms with Gasteiger partial charge in [-0.1, -0.05) is 38.7 Å². The highest BCUT2D eigenvalue weighted by Crippen LogP contribution is 2.26. The summed E-state index contributed by atoms with van der Waals surface area (Å²) in [6.45, 7) is 0. The van der Waals surface area contributed by atoms with E-state index in [1.165, 1.54) is 12.1 Å². The smallest absolute Gasteiger partial charge is 0.288 e. The SMILES string of the molecule is BC(B)(B)c1ccc(C(=O)C(F)F)cc1Br. The van der Waals surface area contributed by atoms with Crippen LogP contribution < -0.4 is 0 Å². The van der Waals surface area contributed by atoms with E-state index in [-0.39, 0.29) is 10.7 Å². The van der Waals surface area contributed by atoms with E-state index in [1.807, 2.05) is 23.5 Å². The Kier molecular flexibility index (Phi) is 3.99. The van der Waals surface area contributed by atoms with E-state index < -0.39 is 12.2 Å². The van der Waals surface area contributed by atoms with Crippen molar-refractivity contribution in [2.75, 3.05) is 0 Å². The van der Waals surface area contributed by atoms with E-state index in [0.29, 0.717) is 4.47 Å². The summed E-state index contributed by atoms with van der Waals surface area (Å²) in [6, 6.07) is 4.61. The number of hydrogen-bond donors (Lipinski definition) is 0. The summed E-state index contributed by atoms with van der Waals surface area (Å²) < 4.78 is 25.1. The Labute approximate surface area is 104 Å². The molecule has 1 rings (SSSR count). The third kappa shape index (κ3) is 2.97. The van der Waals surface area contributed by atoms with E-state index in [0.717, 1.165) is 5.56 Å². The number of Topliss-reactive ketones (excluding diaryl/α,β-unsaturated/α-hetero) is 1. The largest absolute Gasteiger partial charge is 0.300 e. The molecule has 0 atom stereocenters. The Morgan fingerprint density at radius 1 is 1.31 bits per heavy atom. The zero-order valence-electron chi connectivity index (χ0n) is 9.35. The molecule has 1 nitrogen and oxygen atoms in total. The summed E-state index contributed by atoms with van der Waals surface area (Å²) >= 11 is 3.30. The van der Waals surface area contributed by atoms with Gasteiger partial charge in [0, 0.05) is 10.0 Å². The third-order valence-corrected chi connectivity index (χ3v) is 2.92. The van der Waals surface area contributed by atoms with Gasteiger partial charge in [0.1, 0.15) is 0 Å². The highest BCUT2D eigenvalue weighted by molar-refractivity contribution is 9.10. The van der Waals surface area contributed by atoms with Gasteiger partial charge in [0.2, 0.25) is 5.78 Å². The number of ketones is 1. The predicted molar refractivity (Wildman–Crippen MR) is 71.8 cm³/mol. The highest BCUT2D eigenvalue weighted by atomic mass is 79.9. The molecule has 0 aliphatic heterocycles. The third-order valence-electron chi connectivity index (χ3n) is 2.26. The summed E-state index contributed by atoms with van der Waals surface area (Å²) in [4.78, 5) is 11.1. The summed E-state index contributed by atoms with van der Waals surface area (Å²) in [7, 11) is 6.05. The number of halogens is 3. The zero-order valence-corrected chi connectivity index (χ0v) is 10.9. The van der Waals surface area contributed by atoms with Crippen LogP contribution in [0.15, 0.2) is 22.7 Å². The summed E-state index contributed by atoms with van der Waals surface area (Å²) in [5.41, 5.74) is 1.02. The van der Waals surface area contributed by atoms with Crippen molar-refractivity contribution in [3.63, 3.8) is 0 Å². The molecular formula is C9H10B3BrF2O. The van der Waals surface area contributed by atoms with Gasteiger partial charge in [-0.2, -0.15) is 0 Å². The van der Waals surface area contributed by atoms with Crippen LogP contribution in [0.3, 0.4) is 0 Å². The average molecular weight is 285 g/mol. The number of carbonyl (C=O) groups is 1. The predicted octanol–water partition coefficient (Wildman–Crippen LogP) is -0.0935. The van der Waals surface area contributed by atoms with Crippen molar-refractivity contribution >= 4 is 45.3 Å². The van der Waals surface area contributed by atoms with Gasteiger partial charge in [-0.25, -0.2) is 8.78 Å². The molecule has 7 heteroatoms. The molecular weight excluding hydrogens is 274 g/mol. The molecule has 0 aliphatic carbocycles. The maximum absolute atomic E-state index is 12.2. The fourth-order valence-corrected chi connectivity index (χ4v) is 2.38. The molecule has 0 saturated heterocycles. The first-order valence-corrected chi connectivity index (χ1v) is 5.65. The fourth-order valence-electron chi connectivity index (χ4n) is 1.40. The Hall–Kier alpha value is -0.575. The molecule has 82 valence electrons. The first kappa shape index (κ1) is 13.5. The summed E-state index contributed by atoms with van der Waals surface area (Å²) in [5, 5.41) is -0.0920. The van der Waals surface area contributed by atoms with E-state index in [2.05, 4.69) is 15.9 Å². The van der Waals surface area contributed by atoms with Crippen LogP contribution in [0.1, 0.15) is 15.9 Å². The fraction of sp³-hybridized carbons (Fsp3) is 0.222. The lowest BCUT2D eigenvalue weighted by molar-refractivity contribution is 0.0678. The molecule has 0 spiro atoms. The number of carbonyl (C=O) groups excluding carboxylic acids is 1. The Morgan fingerprint density at radius 3 is 2.25 bits per heavy atom. The van der Waals surface area contributed by atoms with Gasteiger partial charge in [0.15, 0.2) is 0 Å². The van der Waals surface area contributed by atoms with Crippen LogP contribution in [0.2, 0.25) is 0 Å². The van der Waals surface area contributed by atoms with Crippen molar-refractivity contribution in [2.24, 2.45) is 0 Å². The van der Waals surface area contributed by atoms with E-state index in [4.69, 9.17) is 0 Å². The first-order chi connectivity index (χ1) is 7.23. The van der Waals surface area contributed by atoms with Gasteiger partial charge >= 0.3 is 6.43 Å². The van der Waals surface area contributed by atoms with Crippen molar-refractivity contribution in [3.05, 3.63) is 33.8 Å². The molecule has 0 amide bonds. The van der Waals surface area contributed by atoms with Crippen LogP contribution in [0.4, 0.5) is 8.78 Å². The standard InChI is InChI=1S/C9H10B3BrF2O/c10-9(11,12)5-2-1-4(3-6(5)13)7(16)8(14)15/h1-3,8H,10-12H2. The van der Waals surface area contributed by atoms with Gasteiger partial charge in [-0.05, 0) is 6.07 Å². The molecule has 1 aromatic rings. The molecule has 0 aromatic heterocycles. The lowest BCUT2D eigenvalue weighted by Gasteiger charge is -2.21. The normalized spacial score (nSPS) is 11.8. The molecule has 0 bridgehead atoms. The molecule has 16 heavy (non-hydrogen) atoms.